The number of H-pyrrole nitrogens is 2. The van der Waals surface area contributed by atoms with Gasteiger partial charge in [-0.25, -0.2) is 19.6 Å². The molecule has 7 aromatic rings. The lowest BCUT2D eigenvalue weighted by Gasteiger charge is -2.08. The van der Waals surface area contributed by atoms with Crippen molar-refractivity contribution in [2.75, 3.05) is 37.6 Å². The van der Waals surface area contributed by atoms with Crippen molar-refractivity contribution in [1.82, 2.24) is 19.9 Å². The van der Waals surface area contributed by atoms with Crippen molar-refractivity contribution >= 4 is 57.2 Å². The smallest absolute Gasteiger partial charge is 0.412 e. The number of aromatic amines is 2. The Morgan fingerprint density at radius 1 is 0.698 bits per heavy atom. The molecule has 4 aromatic heterocycles. The van der Waals surface area contributed by atoms with Crippen molar-refractivity contribution in [1.29, 1.82) is 0 Å². The summed E-state index contributed by atoms with van der Waals surface area (Å²) < 4.78 is 20.8. The van der Waals surface area contributed by atoms with E-state index in [-0.39, 0.29) is 6.61 Å². The zero-order valence-corrected chi connectivity index (χ0v) is 29.8. The molecule has 12 nitrogen and oxygen atoms in total. The molecule has 0 aliphatic heterocycles. The summed E-state index contributed by atoms with van der Waals surface area (Å²) in [6.07, 6.45) is 2.12. The number of rotatable bonds is 11. The number of anilines is 2. The summed E-state index contributed by atoms with van der Waals surface area (Å²) in [5, 5.41) is 7.69. The number of amides is 2. The molecule has 4 N–H and O–H groups in total. The van der Waals surface area contributed by atoms with E-state index in [0.717, 1.165) is 50.2 Å². The number of pyridine rings is 2. The zero-order valence-electron chi connectivity index (χ0n) is 29.0. The first-order chi connectivity index (χ1) is 25.9. The molecule has 2 amide bonds. The Morgan fingerprint density at radius 3 is 1.94 bits per heavy atom. The molecule has 0 saturated heterocycles. The minimum atomic E-state index is -0.581. The fourth-order valence-corrected chi connectivity index (χ4v) is 5.48. The number of carbonyl (C=O) groups excluding carboxylic acids is 2. The third-order valence-corrected chi connectivity index (χ3v) is 8.18. The lowest BCUT2D eigenvalue weighted by molar-refractivity contribution is 0.146. The molecule has 13 heteroatoms. The monoisotopic (exact) mass is 732 g/mol. The molecule has 0 unspecified atom stereocenters. The van der Waals surface area contributed by atoms with Crippen LogP contribution in [0.4, 0.5) is 21.0 Å². The van der Waals surface area contributed by atoms with E-state index >= 15 is 0 Å². The van der Waals surface area contributed by atoms with Gasteiger partial charge in [-0.1, -0.05) is 72.3 Å². The van der Waals surface area contributed by atoms with E-state index in [0.29, 0.717) is 41.9 Å². The van der Waals surface area contributed by atoms with Gasteiger partial charge in [-0.3, -0.25) is 10.6 Å². The highest BCUT2D eigenvalue weighted by Gasteiger charge is 2.11. The molecule has 0 saturated carbocycles. The van der Waals surface area contributed by atoms with Gasteiger partial charge in [0.1, 0.15) is 30.3 Å². The predicted octanol–water partition coefficient (Wildman–Crippen LogP) is 9.46. The van der Waals surface area contributed by atoms with E-state index in [1.54, 1.807) is 32.5 Å². The molecule has 53 heavy (non-hydrogen) atoms. The zero-order chi connectivity index (χ0) is 37.0. The fraction of sp³-hybridized carbons (Fsp3) is 0.150. The number of aromatic nitrogens is 4. The largest absolute Gasteiger partial charge is 0.491 e. The Hall–Kier alpha value is -6.37. The lowest BCUT2D eigenvalue weighted by atomic mass is 10.1. The lowest BCUT2D eigenvalue weighted by Crippen LogP contribution is -2.13. The standard InChI is InChI=1S/C24H22ClN3O4.C16H15N3O2/c1-30-9-10-31-20-7-4-6-16(12-20)22-13-18-11-19(14-26-23(18)28-22)27-24(29)32-15-17-5-2-3-8-21(17)25;1-2-21-16(20)18-13-8-12-9-14(19-15(12)17-10-13)11-6-4-3-5-7-11/h2-8,11-14H,9-10,15H2,1H3,(H,26,28)(H,27,29);3-10H,2H2,1H3,(H,17,19)(H,18,20). The minimum absolute atomic E-state index is 0.0816. The number of nitrogens with zero attached hydrogens (tertiary/aromatic N) is 2. The van der Waals surface area contributed by atoms with E-state index < -0.39 is 12.2 Å². The number of nitrogens with one attached hydrogen (secondary N) is 4. The quantitative estimate of drug-likeness (QED) is 0.0960. The van der Waals surface area contributed by atoms with Crippen molar-refractivity contribution in [2.45, 2.75) is 13.5 Å². The summed E-state index contributed by atoms with van der Waals surface area (Å²) in [7, 11) is 1.64. The van der Waals surface area contributed by atoms with E-state index in [2.05, 4.69) is 30.6 Å². The number of halogens is 1. The molecule has 3 aromatic carbocycles. The van der Waals surface area contributed by atoms with Crippen molar-refractivity contribution in [2.24, 2.45) is 0 Å². The molecule has 0 aliphatic rings. The van der Waals surface area contributed by atoms with Gasteiger partial charge in [0.2, 0.25) is 0 Å². The third kappa shape index (κ3) is 9.91. The predicted molar refractivity (Wildman–Crippen MR) is 206 cm³/mol. The minimum Gasteiger partial charge on any atom is -0.491 e. The number of methoxy groups -OCH3 is 1. The summed E-state index contributed by atoms with van der Waals surface area (Å²) in [6, 6.07) is 32.7. The maximum atomic E-state index is 12.2. The topological polar surface area (TPSA) is 152 Å². The molecule has 0 fully saturated rings. The Balaban J connectivity index is 0.000000198. The molecule has 7 rings (SSSR count). The Bertz CT molecular complexity index is 2310. The highest BCUT2D eigenvalue weighted by molar-refractivity contribution is 6.31. The van der Waals surface area contributed by atoms with Gasteiger partial charge in [0, 0.05) is 45.4 Å². The van der Waals surface area contributed by atoms with Gasteiger partial charge in [-0.15, -0.1) is 0 Å². The summed E-state index contributed by atoms with van der Waals surface area (Å²) >= 11 is 6.09. The summed E-state index contributed by atoms with van der Waals surface area (Å²) in [6.45, 7) is 3.19. The first-order valence-electron chi connectivity index (χ1n) is 16.7. The van der Waals surface area contributed by atoms with Crippen LogP contribution in [0.15, 0.2) is 116 Å². The average Bonchev–Trinajstić information content (AvgIpc) is 3.80. The SMILES string of the molecule is CCOC(=O)Nc1cnc2[nH]c(-c3ccccc3)cc2c1.COCCOc1cccc(-c2cc3cc(NC(=O)OCc4ccccc4Cl)cnc3[nH]2)c1. The Labute approximate surface area is 310 Å². The molecule has 4 heterocycles. The molecule has 0 aliphatic carbocycles. The van der Waals surface area contributed by atoms with Crippen molar-refractivity contribution in [3.8, 4) is 28.3 Å². The Kier molecular flexibility index (Phi) is 12.2. The van der Waals surface area contributed by atoms with Crippen LogP contribution in [-0.4, -0.2) is 59.1 Å². The maximum Gasteiger partial charge on any atom is 0.412 e. The normalized spacial score (nSPS) is 10.7. The first kappa shape index (κ1) is 36.4. The number of ether oxygens (including phenoxy) is 4. The number of hydrogen-bond donors (Lipinski definition) is 4. The van der Waals surface area contributed by atoms with Crippen LogP contribution in [0.5, 0.6) is 5.75 Å². The maximum absolute atomic E-state index is 12.2. The van der Waals surface area contributed by atoms with E-state index in [1.807, 2.05) is 97.1 Å². The van der Waals surface area contributed by atoms with E-state index in [4.69, 9.17) is 30.5 Å². The average molecular weight is 733 g/mol. The number of hydrogen-bond acceptors (Lipinski definition) is 8. The van der Waals surface area contributed by atoms with Crippen LogP contribution in [0.25, 0.3) is 44.6 Å². The highest BCUT2D eigenvalue weighted by Crippen LogP contribution is 2.28. The van der Waals surface area contributed by atoms with Crippen LogP contribution in [0.2, 0.25) is 5.02 Å². The molecule has 270 valence electrons. The second kappa shape index (κ2) is 17.7. The number of fused-ring (bicyclic) bond motifs is 2. The van der Waals surface area contributed by atoms with Crippen LogP contribution in [0.1, 0.15) is 12.5 Å². The Morgan fingerprint density at radius 2 is 1.30 bits per heavy atom. The molecular formula is C40H37ClN6O6. The van der Waals surface area contributed by atoms with Gasteiger partial charge < -0.3 is 28.9 Å². The van der Waals surface area contributed by atoms with Gasteiger partial charge in [0.25, 0.3) is 0 Å². The van der Waals surface area contributed by atoms with Crippen molar-refractivity contribution in [3.63, 3.8) is 0 Å². The van der Waals surface area contributed by atoms with Gasteiger partial charge in [0.05, 0.1) is 37.0 Å². The van der Waals surface area contributed by atoms with E-state index in [9.17, 15) is 9.59 Å². The fourth-order valence-electron chi connectivity index (χ4n) is 5.29. The number of benzene rings is 3. The molecule has 0 spiro atoms. The third-order valence-electron chi connectivity index (χ3n) is 7.81. The van der Waals surface area contributed by atoms with Crippen LogP contribution >= 0.6 is 11.6 Å². The van der Waals surface area contributed by atoms with Crippen LogP contribution in [0.3, 0.4) is 0 Å². The first-order valence-corrected chi connectivity index (χ1v) is 17.1. The van der Waals surface area contributed by atoms with Crippen LogP contribution in [0, 0.1) is 0 Å². The molecule has 0 atom stereocenters. The van der Waals surface area contributed by atoms with Gasteiger partial charge in [-0.2, -0.15) is 0 Å². The van der Waals surface area contributed by atoms with Crippen molar-refractivity contribution < 1.29 is 28.5 Å². The van der Waals surface area contributed by atoms with Gasteiger partial charge in [-0.05, 0) is 55.0 Å². The molecular weight excluding hydrogens is 696 g/mol. The molecule has 0 bridgehead atoms. The van der Waals surface area contributed by atoms with Crippen LogP contribution < -0.4 is 15.4 Å². The summed E-state index contributed by atoms with van der Waals surface area (Å²) in [4.78, 5) is 38.8. The second-order valence-corrected chi connectivity index (χ2v) is 12.0. The number of carbonyl (C=O) groups is 2. The summed E-state index contributed by atoms with van der Waals surface area (Å²) in [5.74, 6) is 0.759. The second-order valence-electron chi connectivity index (χ2n) is 11.6. The van der Waals surface area contributed by atoms with E-state index in [1.165, 1.54) is 0 Å². The van der Waals surface area contributed by atoms with Gasteiger partial charge in [0.15, 0.2) is 0 Å². The van der Waals surface area contributed by atoms with Crippen molar-refractivity contribution in [3.05, 3.63) is 126 Å². The molecule has 0 radical (unpaired) electrons. The summed E-state index contributed by atoms with van der Waals surface area (Å²) in [5.41, 5.74) is 7.31. The highest BCUT2D eigenvalue weighted by atomic mass is 35.5. The van der Waals surface area contributed by atoms with Crippen LogP contribution in [-0.2, 0) is 20.8 Å². The van der Waals surface area contributed by atoms with Gasteiger partial charge >= 0.3 is 12.2 Å².